The molecule has 5 nitrogen and oxygen atoms in total. The maximum Gasteiger partial charge on any atom is 0.329 e. The van der Waals surface area contributed by atoms with Gasteiger partial charge in [-0.05, 0) is 43.7 Å². The van der Waals surface area contributed by atoms with E-state index in [9.17, 15) is 14.7 Å². The van der Waals surface area contributed by atoms with Crippen LogP contribution in [-0.4, -0.2) is 22.5 Å². The van der Waals surface area contributed by atoms with Crippen molar-refractivity contribution in [1.82, 2.24) is 0 Å². The predicted molar refractivity (Wildman–Crippen MR) is 76.6 cm³/mol. The molecule has 0 heterocycles. The average molecular weight is 276 g/mol. The summed E-state index contributed by atoms with van der Waals surface area (Å²) in [7, 11) is 0. The minimum atomic E-state index is -1.00. The minimum absolute atomic E-state index is 0.326. The first kappa shape index (κ1) is 14.4. The number of anilines is 1. The van der Waals surface area contributed by atoms with Gasteiger partial charge in [-0.1, -0.05) is 19.1 Å². The zero-order valence-electron chi connectivity index (χ0n) is 11.6. The molecule has 4 N–H and O–H groups in total. The molecule has 0 bridgehead atoms. The standard InChI is InChI=1S/C15H20N2O3/c1-10-6-8-15(9-7-10,14(19)20)17-12-5-3-2-4-11(12)13(16)18/h2-5,10,17H,6-9H2,1H3,(H2,16,18)(H,19,20). The van der Waals surface area contributed by atoms with Crippen molar-refractivity contribution in [3.8, 4) is 0 Å². The Hall–Kier alpha value is -2.04. The maximum atomic E-state index is 11.7. The van der Waals surface area contributed by atoms with Crippen molar-refractivity contribution in [2.24, 2.45) is 11.7 Å². The normalized spacial score (nSPS) is 25.9. The summed E-state index contributed by atoms with van der Waals surface area (Å²) in [6, 6.07) is 6.77. The van der Waals surface area contributed by atoms with Crippen molar-refractivity contribution in [3.05, 3.63) is 29.8 Å². The zero-order chi connectivity index (χ0) is 14.8. The number of nitrogens with one attached hydrogen (secondary N) is 1. The van der Waals surface area contributed by atoms with E-state index in [4.69, 9.17) is 5.73 Å². The molecule has 0 saturated heterocycles. The first-order valence-electron chi connectivity index (χ1n) is 6.85. The highest BCUT2D eigenvalue weighted by Crippen LogP contribution is 2.35. The average Bonchev–Trinajstić information content (AvgIpc) is 2.41. The molecule has 0 spiro atoms. The van der Waals surface area contributed by atoms with E-state index >= 15 is 0 Å². The minimum Gasteiger partial charge on any atom is -0.480 e. The van der Waals surface area contributed by atoms with E-state index in [1.807, 2.05) is 0 Å². The molecule has 0 radical (unpaired) electrons. The summed E-state index contributed by atoms with van der Waals surface area (Å²) in [5, 5.41) is 12.7. The number of hydrogen-bond acceptors (Lipinski definition) is 3. The Bertz CT molecular complexity index is 520. The second-order valence-electron chi connectivity index (χ2n) is 5.60. The highest BCUT2D eigenvalue weighted by Gasteiger charge is 2.41. The van der Waals surface area contributed by atoms with Crippen LogP contribution in [0.15, 0.2) is 24.3 Å². The van der Waals surface area contributed by atoms with Gasteiger partial charge in [0.05, 0.1) is 5.56 Å². The van der Waals surface area contributed by atoms with Crippen LogP contribution in [0.25, 0.3) is 0 Å². The van der Waals surface area contributed by atoms with Gasteiger partial charge in [0.2, 0.25) is 0 Å². The van der Waals surface area contributed by atoms with Gasteiger partial charge >= 0.3 is 5.97 Å². The maximum absolute atomic E-state index is 11.7. The lowest BCUT2D eigenvalue weighted by Crippen LogP contribution is -2.49. The summed E-state index contributed by atoms with van der Waals surface area (Å²) in [6.45, 7) is 2.13. The SMILES string of the molecule is CC1CCC(Nc2ccccc2C(N)=O)(C(=O)O)CC1. The summed E-state index contributed by atoms with van der Waals surface area (Å²) in [4.78, 5) is 23.1. The molecule has 0 aliphatic heterocycles. The summed E-state index contributed by atoms with van der Waals surface area (Å²) >= 11 is 0. The van der Waals surface area contributed by atoms with Gasteiger partial charge in [-0.2, -0.15) is 0 Å². The van der Waals surface area contributed by atoms with Crippen molar-refractivity contribution in [2.45, 2.75) is 38.1 Å². The molecule has 5 heteroatoms. The third kappa shape index (κ3) is 2.76. The number of primary amides is 1. The van der Waals surface area contributed by atoms with Crippen molar-refractivity contribution in [3.63, 3.8) is 0 Å². The molecule has 108 valence electrons. The first-order valence-corrected chi connectivity index (χ1v) is 6.85. The number of hydrogen-bond donors (Lipinski definition) is 3. The fourth-order valence-corrected chi connectivity index (χ4v) is 2.71. The summed E-state index contributed by atoms with van der Waals surface area (Å²) in [6.07, 6.45) is 2.82. The molecule has 0 atom stereocenters. The van der Waals surface area contributed by atoms with Gasteiger partial charge < -0.3 is 16.2 Å². The van der Waals surface area contributed by atoms with E-state index in [2.05, 4.69) is 12.2 Å². The van der Waals surface area contributed by atoms with Gasteiger partial charge in [-0.25, -0.2) is 4.79 Å². The number of carbonyl (C=O) groups is 2. The monoisotopic (exact) mass is 276 g/mol. The fraction of sp³-hybridized carbons (Fsp3) is 0.467. The number of nitrogens with two attached hydrogens (primary N) is 1. The van der Waals surface area contributed by atoms with E-state index in [0.29, 0.717) is 30.0 Å². The van der Waals surface area contributed by atoms with E-state index in [-0.39, 0.29) is 0 Å². The number of carbonyl (C=O) groups excluding carboxylic acids is 1. The highest BCUT2D eigenvalue weighted by molar-refractivity contribution is 5.99. The number of benzene rings is 1. The smallest absolute Gasteiger partial charge is 0.329 e. The summed E-state index contributed by atoms with van der Waals surface area (Å²) in [5.41, 5.74) is 5.16. The van der Waals surface area contributed by atoms with E-state index < -0.39 is 17.4 Å². The van der Waals surface area contributed by atoms with Crippen molar-refractivity contribution in [2.75, 3.05) is 5.32 Å². The topological polar surface area (TPSA) is 92.4 Å². The van der Waals surface area contributed by atoms with Crippen molar-refractivity contribution < 1.29 is 14.7 Å². The van der Waals surface area contributed by atoms with Crippen LogP contribution in [0.4, 0.5) is 5.69 Å². The zero-order valence-corrected chi connectivity index (χ0v) is 11.6. The number of rotatable bonds is 4. The molecule has 20 heavy (non-hydrogen) atoms. The van der Waals surface area contributed by atoms with Crippen LogP contribution in [0.5, 0.6) is 0 Å². The molecular formula is C15H20N2O3. The Morgan fingerprint density at radius 2 is 1.90 bits per heavy atom. The van der Waals surface area contributed by atoms with E-state index in [1.54, 1.807) is 24.3 Å². The quantitative estimate of drug-likeness (QED) is 0.786. The van der Waals surface area contributed by atoms with Gasteiger partial charge in [-0.15, -0.1) is 0 Å². The van der Waals surface area contributed by atoms with Gasteiger partial charge in [-0.3, -0.25) is 4.79 Å². The molecule has 1 amide bonds. The Balaban J connectivity index is 2.30. The van der Waals surface area contributed by atoms with Gasteiger partial charge in [0, 0.05) is 5.69 Å². The second kappa shape index (κ2) is 5.53. The number of carboxylic acid groups (broad SMARTS) is 1. The van der Waals surface area contributed by atoms with Gasteiger partial charge in [0.15, 0.2) is 0 Å². The molecule has 1 aromatic rings. The molecule has 1 fully saturated rings. The number of para-hydroxylation sites is 1. The molecule has 1 aliphatic carbocycles. The molecular weight excluding hydrogens is 256 g/mol. The van der Waals surface area contributed by atoms with Crippen LogP contribution in [-0.2, 0) is 4.79 Å². The van der Waals surface area contributed by atoms with E-state index in [0.717, 1.165) is 12.8 Å². The molecule has 1 saturated carbocycles. The highest BCUT2D eigenvalue weighted by atomic mass is 16.4. The lowest BCUT2D eigenvalue weighted by molar-refractivity contribution is -0.143. The Morgan fingerprint density at radius 3 is 2.45 bits per heavy atom. The second-order valence-corrected chi connectivity index (χ2v) is 5.60. The van der Waals surface area contributed by atoms with Gasteiger partial charge in [0.1, 0.15) is 5.54 Å². The van der Waals surface area contributed by atoms with Crippen LogP contribution >= 0.6 is 0 Å². The Kier molecular flexibility index (Phi) is 3.97. The third-order valence-electron chi connectivity index (χ3n) is 4.10. The predicted octanol–water partition coefficient (Wildman–Crippen LogP) is 2.23. The van der Waals surface area contributed by atoms with Crippen LogP contribution in [0.1, 0.15) is 43.0 Å². The molecule has 0 unspecified atom stereocenters. The van der Waals surface area contributed by atoms with Crippen LogP contribution in [0.3, 0.4) is 0 Å². The van der Waals surface area contributed by atoms with Crippen LogP contribution in [0, 0.1) is 5.92 Å². The number of carboxylic acids is 1. The first-order chi connectivity index (χ1) is 9.44. The summed E-state index contributed by atoms with van der Waals surface area (Å²) < 4.78 is 0. The number of amides is 1. The Labute approximate surface area is 118 Å². The van der Waals surface area contributed by atoms with Crippen LogP contribution < -0.4 is 11.1 Å². The lowest BCUT2D eigenvalue weighted by atomic mass is 9.77. The van der Waals surface area contributed by atoms with Crippen molar-refractivity contribution in [1.29, 1.82) is 0 Å². The Morgan fingerprint density at radius 1 is 1.30 bits per heavy atom. The molecule has 1 aliphatic rings. The van der Waals surface area contributed by atoms with E-state index in [1.165, 1.54) is 0 Å². The fourth-order valence-electron chi connectivity index (χ4n) is 2.71. The lowest BCUT2D eigenvalue weighted by Gasteiger charge is -2.37. The largest absolute Gasteiger partial charge is 0.480 e. The number of aliphatic carboxylic acids is 1. The molecule has 2 rings (SSSR count). The van der Waals surface area contributed by atoms with Gasteiger partial charge in [0.25, 0.3) is 5.91 Å². The summed E-state index contributed by atoms with van der Waals surface area (Å²) in [5.74, 6) is -0.892. The van der Waals surface area contributed by atoms with Crippen molar-refractivity contribution >= 4 is 17.6 Å². The van der Waals surface area contributed by atoms with Crippen LogP contribution in [0.2, 0.25) is 0 Å². The molecule has 1 aromatic carbocycles. The third-order valence-corrected chi connectivity index (χ3v) is 4.10. The molecule has 0 aromatic heterocycles.